The predicted molar refractivity (Wildman–Crippen MR) is 123 cm³/mol. The van der Waals surface area contributed by atoms with Crippen molar-refractivity contribution in [3.63, 3.8) is 0 Å². The number of ether oxygens (including phenoxy) is 3. The molecule has 0 unspecified atom stereocenters. The summed E-state index contributed by atoms with van der Waals surface area (Å²) in [5.74, 6) is -0.236. The lowest BCUT2D eigenvalue weighted by Gasteiger charge is -2.29. The average molecular weight is 453 g/mol. The van der Waals surface area contributed by atoms with Crippen molar-refractivity contribution in [1.82, 2.24) is 4.98 Å². The molecule has 0 bridgehead atoms. The second-order valence-electron chi connectivity index (χ2n) is 7.19. The van der Waals surface area contributed by atoms with Crippen molar-refractivity contribution in [3.8, 4) is 27.6 Å². The van der Waals surface area contributed by atoms with Crippen LogP contribution in [0.25, 0.3) is 21.8 Å². The van der Waals surface area contributed by atoms with Gasteiger partial charge in [0.2, 0.25) is 0 Å². The van der Waals surface area contributed by atoms with Crippen LogP contribution in [0, 0.1) is 0 Å². The molecule has 0 saturated heterocycles. The highest BCUT2D eigenvalue weighted by molar-refractivity contribution is 7.13. The van der Waals surface area contributed by atoms with Gasteiger partial charge in [-0.2, -0.15) is 0 Å². The summed E-state index contributed by atoms with van der Waals surface area (Å²) in [5.41, 5.74) is 3.22. The number of aromatic nitrogens is 1. The van der Waals surface area contributed by atoms with E-state index in [1.165, 1.54) is 4.90 Å². The molecule has 1 aliphatic heterocycles. The summed E-state index contributed by atoms with van der Waals surface area (Å²) in [4.78, 5) is 30.9. The first kappa shape index (κ1) is 22.0. The number of carbonyl (C=O) groups is 2. The lowest BCUT2D eigenvalue weighted by molar-refractivity contribution is -0.144. The lowest BCUT2D eigenvalue weighted by atomic mass is 10.1. The number of nitrogens with zero attached hydrogens (tertiary/aromatic N) is 2. The molecule has 1 amide bonds. The summed E-state index contributed by atoms with van der Waals surface area (Å²) in [6.07, 6.45) is 0.904. The molecular weight excluding hydrogens is 428 g/mol. The van der Waals surface area contributed by atoms with Crippen molar-refractivity contribution in [2.45, 2.75) is 13.3 Å². The number of benzene rings is 2. The number of esters is 1. The van der Waals surface area contributed by atoms with E-state index >= 15 is 0 Å². The third-order valence-electron chi connectivity index (χ3n) is 4.85. The molecule has 2 heterocycles. The topological polar surface area (TPSA) is 78.0 Å². The van der Waals surface area contributed by atoms with Gasteiger partial charge in [0.1, 0.15) is 23.9 Å². The molecule has 0 atom stereocenters. The Labute approximate surface area is 190 Å². The molecule has 0 radical (unpaired) electrons. The van der Waals surface area contributed by atoms with E-state index in [4.69, 9.17) is 19.2 Å². The smallest absolute Gasteiger partial charge is 0.326 e. The van der Waals surface area contributed by atoms with Crippen LogP contribution in [0.5, 0.6) is 5.75 Å². The molecular formula is C24H24N2O5S. The molecule has 0 N–H and O–H groups in total. The van der Waals surface area contributed by atoms with Gasteiger partial charge in [-0.1, -0.05) is 37.3 Å². The number of anilines is 1. The lowest BCUT2D eigenvalue weighted by Crippen LogP contribution is -2.42. The van der Waals surface area contributed by atoms with Crippen LogP contribution in [0.1, 0.15) is 13.3 Å². The van der Waals surface area contributed by atoms with Crippen LogP contribution in [-0.2, 0) is 19.1 Å². The second kappa shape index (κ2) is 10.4. The summed E-state index contributed by atoms with van der Waals surface area (Å²) in [7, 11) is 0. The highest BCUT2D eigenvalue weighted by Crippen LogP contribution is 2.37. The third-order valence-corrected chi connectivity index (χ3v) is 5.74. The Hall–Kier alpha value is -3.23. The van der Waals surface area contributed by atoms with Crippen molar-refractivity contribution < 1.29 is 23.8 Å². The summed E-state index contributed by atoms with van der Waals surface area (Å²) in [6.45, 7) is 2.83. The van der Waals surface area contributed by atoms with E-state index in [1.807, 2.05) is 54.8 Å². The predicted octanol–water partition coefficient (Wildman–Crippen LogP) is 4.17. The SMILES string of the molecule is CCCOCCOC(=O)CN1C(=O)COc2ccc(-c3csc(-c4ccccc4)n3)cc21. The minimum Gasteiger partial charge on any atom is -0.482 e. The van der Waals surface area contributed by atoms with Gasteiger partial charge in [0, 0.05) is 23.1 Å². The maximum Gasteiger partial charge on any atom is 0.326 e. The number of amides is 1. The maximum absolute atomic E-state index is 12.5. The fourth-order valence-electron chi connectivity index (χ4n) is 3.29. The Morgan fingerprint density at radius 2 is 1.97 bits per heavy atom. The highest BCUT2D eigenvalue weighted by atomic mass is 32.1. The molecule has 1 aliphatic rings. The van der Waals surface area contributed by atoms with E-state index < -0.39 is 5.97 Å². The van der Waals surface area contributed by atoms with E-state index in [1.54, 1.807) is 17.4 Å². The van der Waals surface area contributed by atoms with Crippen molar-refractivity contribution in [2.75, 3.05) is 37.9 Å². The molecule has 3 aromatic rings. The number of rotatable bonds is 9. The van der Waals surface area contributed by atoms with Gasteiger partial charge in [-0.15, -0.1) is 11.3 Å². The van der Waals surface area contributed by atoms with Crippen molar-refractivity contribution in [3.05, 3.63) is 53.9 Å². The normalized spacial score (nSPS) is 12.9. The van der Waals surface area contributed by atoms with Crippen LogP contribution in [0.4, 0.5) is 5.69 Å². The minimum atomic E-state index is -0.489. The Morgan fingerprint density at radius 3 is 2.78 bits per heavy atom. The quantitative estimate of drug-likeness (QED) is 0.358. The maximum atomic E-state index is 12.5. The first-order chi connectivity index (χ1) is 15.7. The Kier molecular flexibility index (Phi) is 7.14. The van der Waals surface area contributed by atoms with Gasteiger partial charge in [0.05, 0.1) is 18.0 Å². The van der Waals surface area contributed by atoms with Crippen LogP contribution >= 0.6 is 11.3 Å². The molecule has 166 valence electrons. The third kappa shape index (κ3) is 5.15. The fraction of sp³-hybridized carbons (Fsp3) is 0.292. The molecule has 0 fully saturated rings. The molecule has 2 aromatic carbocycles. The minimum absolute atomic E-state index is 0.117. The van der Waals surface area contributed by atoms with E-state index in [9.17, 15) is 9.59 Å². The zero-order chi connectivity index (χ0) is 22.3. The van der Waals surface area contributed by atoms with E-state index in [2.05, 4.69) is 0 Å². The Morgan fingerprint density at radius 1 is 1.12 bits per heavy atom. The molecule has 32 heavy (non-hydrogen) atoms. The average Bonchev–Trinajstić information content (AvgIpc) is 3.31. The van der Waals surface area contributed by atoms with Crippen molar-refractivity contribution in [1.29, 1.82) is 0 Å². The zero-order valence-electron chi connectivity index (χ0n) is 17.8. The molecule has 1 aromatic heterocycles. The largest absolute Gasteiger partial charge is 0.482 e. The molecule has 0 aliphatic carbocycles. The summed E-state index contributed by atoms with van der Waals surface area (Å²) in [5, 5.41) is 2.89. The van der Waals surface area contributed by atoms with Gasteiger partial charge < -0.3 is 14.2 Å². The van der Waals surface area contributed by atoms with Crippen molar-refractivity contribution >= 4 is 28.9 Å². The van der Waals surface area contributed by atoms with E-state index in [-0.39, 0.29) is 25.7 Å². The number of hydrogen-bond donors (Lipinski definition) is 0. The summed E-state index contributed by atoms with van der Waals surface area (Å²) in [6, 6.07) is 15.5. The molecule has 0 saturated carbocycles. The second-order valence-corrected chi connectivity index (χ2v) is 8.05. The number of fused-ring (bicyclic) bond motifs is 1. The Balaban J connectivity index is 1.50. The monoisotopic (exact) mass is 452 g/mol. The molecule has 7 nitrogen and oxygen atoms in total. The van der Waals surface area contributed by atoms with Crippen LogP contribution < -0.4 is 9.64 Å². The van der Waals surface area contributed by atoms with Crippen LogP contribution in [0.15, 0.2) is 53.9 Å². The van der Waals surface area contributed by atoms with Gasteiger partial charge in [-0.3, -0.25) is 14.5 Å². The first-order valence-corrected chi connectivity index (χ1v) is 11.4. The fourth-order valence-corrected chi connectivity index (χ4v) is 4.13. The van der Waals surface area contributed by atoms with E-state index in [0.29, 0.717) is 24.7 Å². The highest BCUT2D eigenvalue weighted by Gasteiger charge is 2.28. The molecule has 8 heteroatoms. The number of hydrogen-bond acceptors (Lipinski definition) is 7. The molecule has 0 spiro atoms. The Bertz CT molecular complexity index is 1080. The summed E-state index contributed by atoms with van der Waals surface area (Å²) >= 11 is 1.55. The first-order valence-electron chi connectivity index (χ1n) is 10.5. The van der Waals surface area contributed by atoms with Gasteiger partial charge in [-0.25, -0.2) is 4.98 Å². The van der Waals surface area contributed by atoms with Gasteiger partial charge in [0.15, 0.2) is 6.61 Å². The van der Waals surface area contributed by atoms with Gasteiger partial charge >= 0.3 is 5.97 Å². The van der Waals surface area contributed by atoms with Crippen molar-refractivity contribution in [2.24, 2.45) is 0 Å². The van der Waals surface area contributed by atoms with Crippen LogP contribution in [0.3, 0.4) is 0 Å². The molecule has 4 rings (SSSR count). The summed E-state index contributed by atoms with van der Waals surface area (Å²) < 4.78 is 16.1. The zero-order valence-corrected chi connectivity index (χ0v) is 18.6. The van der Waals surface area contributed by atoms with Crippen LogP contribution in [0.2, 0.25) is 0 Å². The standard InChI is InChI=1S/C24H24N2O5S/c1-2-10-29-11-12-30-23(28)14-26-20-13-18(8-9-21(20)31-15-22(26)27)19-16-32-24(25-19)17-6-4-3-5-7-17/h3-9,13,16H,2,10-12,14-15H2,1H3. The van der Waals surface area contributed by atoms with Gasteiger partial charge in [0.25, 0.3) is 5.91 Å². The van der Waals surface area contributed by atoms with Gasteiger partial charge in [-0.05, 0) is 24.6 Å². The number of carbonyl (C=O) groups excluding carboxylic acids is 2. The van der Waals surface area contributed by atoms with Crippen LogP contribution in [-0.4, -0.2) is 49.8 Å². The number of thiazole rings is 1. The van der Waals surface area contributed by atoms with E-state index in [0.717, 1.165) is 28.2 Å².